The number of nitrogens with one attached hydrogen (secondary N) is 2. The Morgan fingerprint density at radius 2 is 1.85 bits per heavy atom. The molecule has 0 bridgehead atoms. The van der Waals surface area contributed by atoms with Gasteiger partial charge < -0.3 is 10.1 Å². The molecule has 0 unspecified atom stereocenters. The van der Waals surface area contributed by atoms with Crippen LogP contribution in [0.3, 0.4) is 0 Å². The summed E-state index contributed by atoms with van der Waals surface area (Å²) in [4.78, 5) is 16.4. The van der Waals surface area contributed by atoms with Crippen LogP contribution in [-0.4, -0.2) is 38.4 Å². The van der Waals surface area contributed by atoms with E-state index in [1.807, 2.05) is 6.92 Å². The number of hydrogen-bond acceptors (Lipinski definition) is 6. The summed E-state index contributed by atoms with van der Waals surface area (Å²) >= 11 is 1.48. The largest absolute Gasteiger partial charge is 0.494 e. The fraction of sp³-hybridized carbons (Fsp3) is 0.222. The minimum Gasteiger partial charge on any atom is -0.494 e. The van der Waals surface area contributed by atoms with Crippen molar-refractivity contribution in [3.63, 3.8) is 0 Å². The third-order valence-electron chi connectivity index (χ3n) is 3.65. The Labute approximate surface area is 162 Å². The van der Waals surface area contributed by atoms with E-state index in [1.165, 1.54) is 36.0 Å². The maximum absolute atomic E-state index is 12.5. The summed E-state index contributed by atoms with van der Waals surface area (Å²) in [5, 5.41) is 3.30. The van der Waals surface area contributed by atoms with Crippen molar-refractivity contribution in [2.24, 2.45) is 4.99 Å². The maximum Gasteiger partial charge on any atom is 0.261 e. The molecule has 0 atom stereocenters. The van der Waals surface area contributed by atoms with Gasteiger partial charge in [-0.2, -0.15) is 0 Å². The molecule has 9 heteroatoms. The molecular weight excluding hydrogens is 386 g/mol. The Kier molecular flexibility index (Phi) is 6.02. The van der Waals surface area contributed by atoms with Gasteiger partial charge in [-0.05, 0) is 55.5 Å². The number of thioether (sulfide) groups is 1. The van der Waals surface area contributed by atoms with Crippen molar-refractivity contribution in [2.75, 3.05) is 23.6 Å². The molecule has 1 aliphatic rings. The minimum atomic E-state index is -3.75. The minimum absolute atomic E-state index is 0.0699. The van der Waals surface area contributed by atoms with Crippen molar-refractivity contribution in [2.45, 2.75) is 11.8 Å². The fourth-order valence-corrected chi connectivity index (χ4v) is 4.15. The van der Waals surface area contributed by atoms with E-state index in [-0.39, 0.29) is 10.8 Å². The number of ether oxygens (including phenoxy) is 1. The monoisotopic (exact) mass is 405 g/mol. The lowest BCUT2D eigenvalue weighted by molar-refractivity contribution is 0.0978. The molecule has 142 valence electrons. The van der Waals surface area contributed by atoms with Crippen LogP contribution in [0.15, 0.2) is 58.4 Å². The number of hydrogen-bond donors (Lipinski definition) is 2. The molecule has 7 nitrogen and oxygen atoms in total. The van der Waals surface area contributed by atoms with Crippen LogP contribution >= 0.6 is 11.8 Å². The third-order valence-corrected chi connectivity index (χ3v) is 5.94. The molecule has 2 aromatic carbocycles. The van der Waals surface area contributed by atoms with Crippen LogP contribution in [0, 0.1) is 0 Å². The Morgan fingerprint density at radius 1 is 1.15 bits per heavy atom. The molecule has 3 rings (SSSR count). The first kappa shape index (κ1) is 19.2. The lowest BCUT2D eigenvalue weighted by Gasteiger charge is -2.10. The molecule has 27 heavy (non-hydrogen) atoms. The zero-order chi connectivity index (χ0) is 19.3. The average Bonchev–Trinajstić information content (AvgIpc) is 3.16. The first-order valence-electron chi connectivity index (χ1n) is 8.32. The topological polar surface area (TPSA) is 96.9 Å². The van der Waals surface area contributed by atoms with Crippen LogP contribution < -0.4 is 14.8 Å². The lowest BCUT2D eigenvalue weighted by atomic mass is 10.2. The Hall–Kier alpha value is -2.52. The van der Waals surface area contributed by atoms with Gasteiger partial charge in [-0.25, -0.2) is 8.42 Å². The molecule has 0 radical (unpaired) electrons. The van der Waals surface area contributed by atoms with Crippen molar-refractivity contribution in [1.82, 2.24) is 5.32 Å². The number of rotatable bonds is 6. The molecule has 0 aromatic heterocycles. The first-order chi connectivity index (χ1) is 13.0. The van der Waals surface area contributed by atoms with E-state index in [0.717, 1.165) is 5.75 Å². The first-order valence-corrected chi connectivity index (χ1v) is 10.8. The van der Waals surface area contributed by atoms with Crippen LogP contribution in [0.25, 0.3) is 0 Å². The molecule has 1 aliphatic heterocycles. The van der Waals surface area contributed by atoms with Gasteiger partial charge in [0, 0.05) is 17.0 Å². The number of carbonyl (C=O) groups is 1. The summed E-state index contributed by atoms with van der Waals surface area (Å²) in [6.07, 6.45) is 0. The van der Waals surface area contributed by atoms with E-state index in [9.17, 15) is 13.2 Å². The quantitative estimate of drug-likeness (QED) is 0.770. The second-order valence-corrected chi connectivity index (χ2v) is 8.34. The van der Waals surface area contributed by atoms with Gasteiger partial charge in [0.25, 0.3) is 15.9 Å². The molecule has 2 aromatic rings. The predicted molar refractivity (Wildman–Crippen MR) is 107 cm³/mol. The molecular formula is C18H19N3O4S2. The number of benzene rings is 2. The Balaban J connectivity index is 1.68. The summed E-state index contributed by atoms with van der Waals surface area (Å²) < 4.78 is 32.9. The highest BCUT2D eigenvalue weighted by atomic mass is 32.2. The van der Waals surface area contributed by atoms with Gasteiger partial charge in [-0.15, -0.1) is 0 Å². The lowest BCUT2D eigenvalue weighted by Crippen LogP contribution is -2.27. The number of nitrogens with zero attached hydrogens (tertiary/aromatic N) is 1. The van der Waals surface area contributed by atoms with Crippen molar-refractivity contribution in [3.05, 3.63) is 54.1 Å². The molecule has 0 saturated heterocycles. The number of sulfonamides is 1. The summed E-state index contributed by atoms with van der Waals surface area (Å²) in [6, 6.07) is 12.4. The predicted octanol–water partition coefficient (Wildman–Crippen LogP) is 2.72. The zero-order valence-electron chi connectivity index (χ0n) is 14.6. The molecule has 1 heterocycles. The van der Waals surface area contributed by atoms with Crippen molar-refractivity contribution < 1.29 is 17.9 Å². The summed E-state index contributed by atoms with van der Waals surface area (Å²) in [6.45, 7) is 3.10. The Morgan fingerprint density at radius 3 is 2.44 bits per heavy atom. The number of aliphatic imine (C=N–C) groups is 1. The van der Waals surface area contributed by atoms with Crippen LogP contribution in [0.1, 0.15) is 17.3 Å². The maximum atomic E-state index is 12.5. The normalized spacial score (nSPS) is 13.7. The van der Waals surface area contributed by atoms with E-state index >= 15 is 0 Å². The number of carbonyl (C=O) groups excluding carboxylic acids is 1. The molecule has 2 N–H and O–H groups in total. The molecule has 0 spiro atoms. The Bertz CT molecular complexity index is 940. The number of amidine groups is 1. The standard InChI is InChI=1S/C18H19N3O4S2/c1-2-25-15-7-5-14(6-8-15)21-27(23,24)16-9-3-13(4-10-16)17(22)20-18-19-11-12-26-18/h3-10,21H,2,11-12H2,1H3,(H,19,20,22). The van der Waals surface area contributed by atoms with Crippen molar-refractivity contribution in [1.29, 1.82) is 0 Å². The van der Waals surface area contributed by atoms with E-state index in [0.29, 0.717) is 35.3 Å². The second-order valence-electron chi connectivity index (χ2n) is 5.58. The SMILES string of the molecule is CCOc1ccc(NS(=O)(=O)c2ccc(C(=O)NC3=NCCS3)cc2)cc1. The third kappa shape index (κ3) is 5.01. The highest BCUT2D eigenvalue weighted by Crippen LogP contribution is 2.20. The molecule has 0 saturated carbocycles. The number of amides is 1. The van der Waals surface area contributed by atoms with Gasteiger partial charge in [-0.1, -0.05) is 11.8 Å². The van der Waals surface area contributed by atoms with Crippen LogP contribution in [0.2, 0.25) is 0 Å². The van der Waals surface area contributed by atoms with E-state index in [1.54, 1.807) is 24.3 Å². The van der Waals surface area contributed by atoms with Crippen molar-refractivity contribution >= 4 is 38.5 Å². The van der Waals surface area contributed by atoms with Crippen LogP contribution in [0.4, 0.5) is 5.69 Å². The summed E-state index contributed by atoms with van der Waals surface area (Å²) in [7, 11) is -3.75. The highest BCUT2D eigenvalue weighted by molar-refractivity contribution is 8.14. The van der Waals surface area contributed by atoms with E-state index in [4.69, 9.17) is 4.74 Å². The molecule has 0 fully saturated rings. The van der Waals surface area contributed by atoms with Crippen LogP contribution in [0.5, 0.6) is 5.75 Å². The molecule has 0 aliphatic carbocycles. The van der Waals surface area contributed by atoms with Gasteiger partial charge in [0.1, 0.15) is 5.75 Å². The van der Waals surface area contributed by atoms with Gasteiger partial charge in [0.15, 0.2) is 5.17 Å². The average molecular weight is 406 g/mol. The van der Waals surface area contributed by atoms with Gasteiger partial charge in [-0.3, -0.25) is 14.5 Å². The zero-order valence-corrected chi connectivity index (χ0v) is 16.3. The molecule has 1 amide bonds. The van der Waals surface area contributed by atoms with Gasteiger partial charge in [0.05, 0.1) is 18.0 Å². The van der Waals surface area contributed by atoms with Gasteiger partial charge in [0.2, 0.25) is 0 Å². The summed E-state index contributed by atoms with van der Waals surface area (Å²) in [5.74, 6) is 1.21. The fourth-order valence-electron chi connectivity index (χ4n) is 2.37. The highest BCUT2D eigenvalue weighted by Gasteiger charge is 2.17. The summed E-state index contributed by atoms with van der Waals surface area (Å²) in [5.41, 5.74) is 0.793. The van der Waals surface area contributed by atoms with E-state index in [2.05, 4.69) is 15.0 Å². The van der Waals surface area contributed by atoms with Crippen molar-refractivity contribution in [3.8, 4) is 5.75 Å². The second kappa shape index (κ2) is 8.45. The van der Waals surface area contributed by atoms with Crippen LogP contribution in [-0.2, 0) is 10.0 Å². The number of anilines is 1. The van der Waals surface area contributed by atoms with Gasteiger partial charge >= 0.3 is 0 Å². The van der Waals surface area contributed by atoms with E-state index < -0.39 is 10.0 Å². The smallest absolute Gasteiger partial charge is 0.261 e.